The Morgan fingerprint density at radius 3 is 2.88 bits per heavy atom. The van der Waals surface area contributed by atoms with Crippen molar-refractivity contribution in [3.63, 3.8) is 0 Å². The molecule has 1 aromatic heterocycles. The van der Waals surface area contributed by atoms with Gasteiger partial charge >= 0.3 is 6.03 Å². The summed E-state index contributed by atoms with van der Waals surface area (Å²) < 4.78 is 5.25. The van der Waals surface area contributed by atoms with Crippen LogP contribution in [0, 0.1) is 0 Å². The molecule has 128 valence electrons. The molecule has 0 unspecified atom stereocenters. The Bertz CT molecular complexity index is 901. The molecule has 2 N–H and O–H groups in total. The van der Waals surface area contributed by atoms with E-state index in [1.165, 1.54) is 0 Å². The maximum absolute atomic E-state index is 12.4. The molecule has 1 aliphatic heterocycles. The highest BCUT2D eigenvalue weighted by molar-refractivity contribution is 6.31. The summed E-state index contributed by atoms with van der Waals surface area (Å²) in [6.45, 7) is 1.24. The van der Waals surface area contributed by atoms with Crippen molar-refractivity contribution in [3.8, 4) is 5.75 Å². The van der Waals surface area contributed by atoms with Crippen molar-refractivity contribution in [2.75, 3.05) is 25.5 Å². The van der Waals surface area contributed by atoms with Crippen LogP contribution >= 0.6 is 11.6 Å². The topological polar surface area (TPSA) is 70.2 Å². The Kier molecular flexibility index (Phi) is 3.97. The molecule has 3 aromatic rings. The molecule has 2 aromatic carbocycles. The first-order chi connectivity index (χ1) is 12.1. The summed E-state index contributed by atoms with van der Waals surface area (Å²) in [7, 11) is 1.56. The van der Waals surface area contributed by atoms with Crippen LogP contribution in [0.4, 0.5) is 10.5 Å². The summed E-state index contributed by atoms with van der Waals surface area (Å²) in [5, 5.41) is 3.39. The first kappa shape index (κ1) is 15.8. The second kappa shape index (κ2) is 6.29. The summed E-state index contributed by atoms with van der Waals surface area (Å²) in [6, 6.07) is 12.9. The maximum Gasteiger partial charge on any atom is 0.321 e. The number of anilines is 1. The van der Waals surface area contributed by atoms with Crippen molar-refractivity contribution in [2.24, 2.45) is 0 Å². The predicted molar refractivity (Wildman–Crippen MR) is 97.4 cm³/mol. The minimum Gasteiger partial charge on any atom is -0.495 e. The van der Waals surface area contributed by atoms with Crippen LogP contribution in [0.5, 0.6) is 5.75 Å². The number of ether oxygens (including phenoxy) is 1. The number of carbonyl (C=O) groups excluding carboxylic acids is 1. The van der Waals surface area contributed by atoms with Crippen LogP contribution < -0.4 is 10.1 Å². The number of para-hydroxylation sites is 2. The van der Waals surface area contributed by atoms with E-state index in [1.54, 1.807) is 30.2 Å². The molecular formula is C18H17ClN4O2. The number of rotatable bonds is 3. The third kappa shape index (κ3) is 3.00. The Balaban J connectivity index is 1.42. The zero-order chi connectivity index (χ0) is 17.4. The molecule has 6 nitrogen and oxygen atoms in total. The molecule has 7 heteroatoms. The highest BCUT2D eigenvalue weighted by Gasteiger charge is 2.34. The number of methoxy groups -OCH3 is 1. The lowest BCUT2D eigenvalue weighted by atomic mass is 10.0. The number of urea groups is 1. The minimum absolute atomic E-state index is 0.173. The number of nitrogens with zero attached hydrogens (tertiary/aromatic N) is 2. The van der Waals surface area contributed by atoms with Crippen molar-refractivity contribution < 1.29 is 9.53 Å². The molecule has 0 aliphatic carbocycles. The third-order valence-electron chi connectivity index (χ3n) is 4.37. The average Bonchev–Trinajstić information content (AvgIpc) is 2.97. The van der Waals surface area contributed by atoms with Crippen LogP contribution in [0.1, 0.15) is 11.7 Å². The molecule has 1 saturated heterocycles. The van der Waals surface area contributed by atoms with Gasteiger partial charge in [0.15, 0.2) is 0 Å². The summed E-state index contributed by atoms with van der Waals surface area (Å²) in [6.07, 6.45) is 0. The number of hydrogen-bond acceptors (Lipinski definition) is 3. The van der Waals surface area contributed by atoms with Gasteiger partial charge in [0.1, 0.15) is 11.6 Å². The van der Waals surface area contributed by atoms with Crippen LogP contribution in [-0.4, -0.2) is 41.1 Å². The van der Waals surface area contributed by atoms with E-state index in [0.717, 1.165) is 16.9 Å². The van der Waals surface area contributed by atoms with E-state index in [4.69, 9.17) is 16.3 Å². The minimum atomic E-state index is -0.173. The quantitative estimate of drug-likeness (QED) is 0.748. The molecule has 25 heavy (non-hydrogen) atoms. The van der Waals surface area contributed by atoms with Crippen molar-refractivity contribution in [1.29, 1.82) is 0 Å². The van der Waals surface area contributed by atoms with Gasteiger partial charge in [-0.25, -0.2) is 9.78 Å². The first-order valence-corrected chi connectivity index (χ1v) is 8.36. The van der Waals surface area contributed by atoms with Gasteiger partial charge in [-0.1, -0.05) is 23.7 Å². The van der Waals surface area contributed by atoms with Crippen molar-refractivity contribution in [1.82, 2.24) is 14.9 Å². The Morgan fingerprint density at radius 2 is 2.12 bits per heavy atom. The Hall–Kier alpha value is -2.73. The summed E-state index contributed by atoms with van der Waals surface area (Å²) in [5.74, 6) is 1.72. The number of hydrogen-bond donors (Lipinski definition) is 2. The van der Waals surface area contributed by atoms with E-state index in [1.807, 2.05) is 24.3 Å². The normalized spacial score (nSPS) is 14.4. The number of H-pyrrole nitrogens is 1. The summed E-state index contributed by atoms with van der Waals surface area (Å²) >= 11 is 5.99. The molecular weight excluding hydrogens is 340 g/mol. The second-order valence-corrected chi connectivity index (χ2v) is 6.45. The molecule has 1 aliphatic rings. The number of nitrogens with one attached hydrogen (secondary N) is 2. The number of benzene rings is 2. The summed E-state index contributed by atoms with van der Waals surface area (Å²) in [4.78, 5) is 22.1. The molecule has 0 saturated carbocycles. The number of halogens is 1. The van der Waals surface area contributed by atoms with Crippen LogP contribution in [0.2, 0.25) is 5.02 Å². The number of likely N-dealkylation sites (tertiary alicyclic amines) is 1. The fourth-order valence-electron chi connectivity index (χ4n) is 2.96. The Morgan fingerprint density at radius 1 is 1.32 bits per heavy atom. The van der Waals surface area contributed by atoms with E-state index in [0.29, 0.717) is 29.5 Å². The van der Waals surface area contributed by atoms with Crippen LogP contribution in [0.15, 0.2) is 42.5 Å². The van der Waals surface area contributed by atoms with Gasteiger partial charge in [-0.3, -0.25) is 0 Å². The van der Waals surface area contributed by atoms with Gasteiger partial charge in [-0.15, -0.1) is 0 Å². The molecule has 2 amide bonds. The van der Waals surface area contributed by atoms with E-state index >= 15 is 0 Å². The maximum atomic E-state index is 12.4. The zero-order valence-electron chi connectivity index (χ0n) is 13.6. The zero-order valence-corrected chi connectivity index (χ0v) is 14.4. The third-order valence-corrected chi connectivity index (χ3v) is 4.60. The fourth-order valence-corrected chi connectivity index (χ4v) is 3.13. The number of amides is 2. The SMILES string of the molecule is COc1ccc(Cl)cc1NC(=O)N1CC(c2nc3ccccc3[nH]2)C1. The van der Waals surface area contributed by atoms with Gasteiger partial charge in [0.25, 0.3) is 0 Å². The number of fused-ring (bicyclic) bond motifs is 1. The number of carbonyl (C=O) groups is 1. The second-order valence-electron chi connectivity index (χ2n) is 6.02. The number of imidazole rings is 1. The van der Waals surface area contributed by atoms with Gasteiger partial charge in [0, 0.05) is 18.1 Å². The van der Waals surface area contributed by atoms with E-state index < -0.39 is 0 Å². The highest BCUT2D eigenvalue weighted by atomic mass is 35.5. The smallest absolute Gasteiger partial charge is 0.321 e. The van der Waals surface area contributed by atoms with Crippen molar-refractivity contribution >= 4 is 34.4 Å². The molecule has 4 rings (SSSR count). The predicted octanol–water partition coefficient (Wildman–Crippen LogP) is 3.86. The first-order valence-electron chi connectivity index (χ1n) is 7.98. The fraction of sp³-hybridized carbons (Fsp3) is 0.222. The summed E-state index contributed by atoms with van der Waals surface area (Å²) in [5.41, 5.74) is 2.53. The van der Waals surface area contributed by atoms with Crippen LogP contribution in [0.25, 0.3) is 11.0 Å². The molecule has 0 bridgehead atoms. The van der Waals surface area contributed by atoms with Gasteiger partial charge in [0.05, 0.1) is 29.7 Å². The lowest BCUT2D eigenvalue weighted by molar-refractivity contribution is 0.161. The van der Waals surface area contributed by atoms with E-state index in [2.05, 4.69) is 15.3 Å². The van der Waals surface area contributed by atoms with Crippen LogP contribution in [0.3, 0.4) is 0 Å². The monoisotopic (exact) mass is 356 g/mol. The Labute approximate surface area is 149 Å². The van der Waals surface area contributed by atoms with E-state index in [-0.39, 0.29) is 11.9 Å². The molecule has 2 heterocycles. The molecule has 1 fully saturated rings. The van der Waals surface area contributed by atoms with E-state index in [9.17, 15) is 4.79 Å². The standard InChI is InChI=1S/C18H17ClN4O2/c1-25-16-7-6-12(19)8-15(16)22-18(24)23-9-11(10-23)17-20-13-4-2-3-5-14(13)21-17/h2-8,11H,9-10H2,1H3,(H,20,21)(H,22,24). The van der Waals surface area contributed by atoms with Gasteiger partial charge in [-0.05, 0) is 30.3 Å². The lowest BCUT2D eigenvalue weighted by Gasteiger charge is -2.38. The highest BCUT2D eigenvalue weighted by Crippen LogP contribution is 2.30. The largest absolute Gasteiger partial charge is 0.495 e. The van der Waals surface area contributed by atoms with Crippen molar-refractivity contribution in [3.05, 3.63) is 53.3 Å². The number of aromatic amines is 1. The molecule has 0 spiro atoms. The number of aromatic nitrogens is 2. The molecule has 0 radical (unpaired) electrons. The van der Waals surface area contributed by atoms with Crippen molar-refractivity contribution in [2.45, 2.75) is 5.92 Å². The van der Waals surface area contributed by atoms with Gasteiger partial charge < -0.3 is 19.9 Å². The van der Waals surface area contributed by atoms with Crippen LogP contribution in [-0.2, 0) is 0 Å². The molecule has 0 atom stereocenters. The average molecular weight is 357 g/mol. The lowest BCUT2D eigenvalue weighted by Crippen LogP contribution is -2.50. The van der Waals surface area contributed by atoms with Gasteiger partial charge in [0.2, 0.25) is 0 Å². The van der Waals surface area contributed by atoms with Gasteiger partial charge in [-0.2, -0.15) is 0 Å².